The van der Waals surface area contributed by atoms with E-state index in [4.69, 9.17) is 9.47 Å². The smallest absolute Gasteiger partial charge is 0.233 e. The van der Waals surface area contributed by atoms with Gasteiger partial charge in [0.05, 0.1) is 11.8 Å². The normalized spacial score (nSPS) is 17.6. The molecule has 122 valence electrons. The van der Waals surface area contributed by atoms with Crippen molar-refractivity contribution in [2.24, 2.45) is 7.05 Å². The predicted molar refractivity (Wildman–Crippen MR) is 87.9 cm³/mol. The van der Waals surface area contributed by atoms with Crippen LogP contribution in [-0.4, -0.2) is 40.0 Å². The van der Waals surface area contributed by atoms with Crippen LogP contribution in [0.1, 0.15) is 6.92 Å². The molecule has 1 N–H and O–H groups in total. The minimum Gasteiger partial charge on any atom is -0.486 e. The number of hydrogen-bond donors (Lipinski definition) is 1. The van der Waals surface area contributed by atoms with Crippen molar-refractivity contribution >= 4 is 17.7 Å². The topological polar surface area (TPSA) is 65.4 Å². The van der Waals surface area contributed by atoms with Crippen LogP contribution in [0.2, 0.25) is 0 Å². The molecule has 1 aliphatic heterocycles. The van der Waals surface area contributed by atoms with Gasteiger partial charge < -0.3 is 19.4 Å². The van der Waals surface area contributed by atoms with E-state index in [2.05, 4.69) is 10.3 Å². The fraction of sp³-hybridized carbons (Fsp3) is 0.375. The van der Waals surface area contributed by atoms with Gasteiger partial charge in [-0.3, -0.25) is 4.79 Å². The fourth-order valence-corrected chi connectivity index (χ4v) is 3.05. The highest BCUT2D eigenvalue weighted by Gasteiger charge is 2.23. The van der Waals surface area contributed by atoms with Crippen LogP contribution in [0, 0.1) is 0 Å². The van der Waals surface area contributed by atoms with Crippen molar-refractivity contribution in [2.75, 3.05) is 13.2 Å². The van der Waals surface area contributed by atoms with E-state index in [0.29, 0.717) is 18.9 Å². The molecule has 3 rings (SSSR count). The Hall–Kier alpha value is -2.15. The van der Waals surface area contributed by atoms with Gasteiger partial charge in [0, 0.05) is 19.4 Å². The summed E-state index contributed by atoms with van der Waals surface area (Å²) in [5, 5.41) is 3.50. The van der Waals surface area contributed by atoms with Crippen LogP contribution >= 0.6 is 11.8 Å². The van der Waals surface area contributed by atoms with E-state index >= 15 is 0 Å². The first-order valence-electron chi connectivity index (χ1n) is 7.43. The van der Waals surface area contributed by atoms with Gasteiger partial charge in [0.1, 0.15) is 12.7 Å². The van der Waals surface area contributed by atoms with E-state index in [1.165, 1.54) is 11.8 Å². The highest BCUT2D eigenvalue weighted by atomic mass is 32.2. The molecule has 6 nitrogen and oxygen atoms in total. The number of aromatic nitrogens is 2. The van der Waals surface area contributed by atoms with E-state index in [1.807, 2.05) is 49.0 Å². The lowest BCUT2D eigenvalue weighted by atomic mass is 10.2. The summed E-state index contributed by atoms with van der Waals surface area (Å²) in [7, 11) is 1.91. The maximum absolute atomic E-state index is 12.2. The van der Waals surface area contributed by atoms with Gasteiger partial charge in [-0.2, -0.15) is 0 Å². The molecule has 7 heteroatoms. The molecule has 1 aliphatic rings. The number of para-hydroxylation sites is 2. The number of benzene rings is 1. The molecular weight excluding hydrogens is 314 g/mol. The van der Waals surface area contributed by atoms with Gasteiger partial charge in [0.25, 0.3) is 0 Å². The third-order valence-corrected chi connectivity index (χ3v) is 4.67. The summed E-state index contributed by atoms with van der Waals surface area (Å²) in [5.41, 5.74) is 0. The van der Waals surface area contributed by atoms with Crippen LogP contribution in [0.25, 0.3) is 0 Å². The van der Waals surface area contributed by atoms with E-state index in [0.717, 1.165) is 10.9 Å². The maximum atomic E-state index is 12.2. The molecule has 0 saturated carbocycles. The van der Waals surface area contributed by atoms with Gasteiger partial charge in [-0.25, -0.2) is 4.98 Å². The van der Waals surface area contributed by atoms with Gasteiger partial charge in [-0.05, 0) is 19.1 Å². The summed E-state index contributed by atoms with van der Waals surface area (Å²) in [5.74, 6) is 1.42. The maximum Gasteiger partial charge on any atom is 0.233 e. The molecule has 2 heterocycles. The van der Waals surface area contributed by atoms with Crippen molar-refractivity contribution in [3.05, 3.63) is 36.7 Å². The number of aryl methyl sites for hydroxylation is 1. The van der Waals surface area contributed by atoms with Crippen molar-refractivity contribution in [3.8, 4) is 11.5 Å². The van der Waals surface area contributed by atoms with Crippen LogP contribution in [-0.2, 0) is 11.8 Å². The van der Waals surface area contributed by atoms with E-state index in [-0.39, 0.29) is 17.3 Å². The van der Waals surface area contributed by atoms with Crippen LogP contribution in [0.15, 0.2) is 41.8 Å². The van der Waals surface area contributed by atoms with Gasteiger partial charge in [-0.15, -0.1) is 0 Å². The van der Waals surface area contributed by atoms with Crippen molar-refractivity contribution in [1.82, 2.24) is 14.9 Å². The Morgan fingerprint density at radius 3 is 3.00 bits per heavy atom. The highest BCUT2D eigenvalue weighted by Crippen LogP contribution is 2.30. The molecule has 1 aromatic carbocycles. The lowest BCUT2D eigenvalue weighted by Gasteiger charge is -2.26. The number of carbonyl (C=O) groups excluding carboxylic acids is 1. The zero-order valence-electron chi connectivity index (χ0n) is 13.1. The summed E-state index contributed by atoms with van der Waals surface area (Å²) >= 11 is 1.43. The molecule has 0 saturated heterocycles. The van der Waals surface area contributed by atoms with Crippen LogP contribution in [0.4, 0.5) is 0 Å². The largest absolute Gasteiger partial charge is 0.486 e. The number of imidazole rings is 1. The first kappa shape index (κ1) is 15.7. The number of nitrogens with one attached hydrogen (secondary N) is 1. The molecule has 0 radical (unpaired) electrons. The SMILES string of the molecule is C[C@@H](Sc1nccn1C)C(=O)NC[C@@H]1COc2ccccc2O1. The number of hydrogen-bond acceptors (Lipinski definition) is 5. The Morgan fingerprint density at radius 1 is 1.48 bits per heavy atom. The summed E-state index contributed by atoms with van der Waals surface area (Å²) in [4.78, 5) is 16.4. The molecule has 23 heavy (non-hydrogen) atoms. The van der Waals surface area contributed by atoms with E-state index < -0.39 is 0 Å². The number of nitrogens with zero attached hydrogens (tertiary/aromatic N) is 2. The Morgan fingerprint density at radius 2 is 2.26 bits per heavy atom. The van der Waals surface area contributed by atoms with Crippen molar-refractivity contribution < 1.29 is 14.3 Å². The summed E-state index contributed by atoms with van der Waals surface area (Å²) in [6.45, 7) is 2.71. The second-order valence-corrected chi connectivity index (χ2v) is 6.63. The van der Waals surface area contributed by atoms with Gasteiger partial charge in [-0.1, -0.05) is 23.9 Å². The molecule has 0 aliphatic carbocycles. The second kappa shape index (κ2) is 6.95. The standard InChI is InChI=1S/C16H19N3O3S/c1-11(23-16-17-7-8-19(16)2)15(20)18-9-12-10-21-13-5-3-4-6-14(13)22-12/h3-8,11-12H,9-10H2,1-2H3,(H,18,20)/t11-,12-/m1/s1. The van der Waals surface area contributed by atoms with Gasteiger partial charge >= 0.3 is 0 Å². The molecule has 0 unspecified atom stereocenters. The first-order valence-corrected chi connectivity index (χ1v) is 8.31. The highest BCUT2D eigenvalue weighted by molar-refractivity contribution is 8.00. The van der Waals surface area contributed by atoms with Crippen molar-refractivity contribution in [2.45, 2.75) is 23.4 Å². The zero-order valence-corrected chi connectivity index (χ0v) is 13.9. The summed E-state index contributed by atoms with van der Waals surface area (Å²) < 4.78 is 13.4. The fourth-order valence-electron chi connectivity index (χ4n) is 2.20. The monoisotopic (exact) mass is 333 g/mol. The third-order valence-electron chi connectivity index (χ3n) is 3.50. The lowest BCUT2D eigenvalue weighted by molar-refractivity contribution is -0.120. The lowest BCUT2D eigenvalue weighted by Crippen LogP contribution is -2.42. The molecular formula is C16H19N3O3S. The van der Waals surface area contributed by atoms with E-state index in [1.54, 1.807) is 6.20 Å². The van der Waals surface area contributed by atoms with Crippen LogP contribution < -0.4 is 14.8 Å². The Kier molecular flexibility index (Phi) is 4.76. The molecule has 1 aromatic heterocycles. The van der Waals surface area contributed by atoms with Crippen LogP contribution in [0.5, 0.6) is 11.5 Å². The average molecular weight is 333 g/mol. The second-order valence-electron chi connectivity index (χ2n) is 5.32. The van der Waals surface area contributed by atoms with Gasteiger partial charge in [0.2, 0.25) is 5.91 Å². The minimum absolute atomic E-state index is 0.0412. The molecule has 0 fully saturated rings. The molecule has 2 atom stereocenters. The Balaban J connectivity index is 1.49. The van der Waals surface area contributed by atoms with E-state index in [9.17, 15) is 4.79 Å². The number of carbonyl (C=O) groups is 1. The quantitative estimate of drug-likeness (QED) is 0.846. The van der Waals surface area contributed by atoms with Gasteiger partial charge in [0.15, 0.2) is 16.7 Å². The molecule has 0 spiro atoms. The average Bonchev–Trinajstić information content (AvgIpc) is 2.97. The van der Waals surface area contributed by atoms with Crippen LogP contribution in [0.3, 0.4) is 0 Å². The minimum atomic E-state index is -0.229. The third kappa shape index (κ3) is 3.79. The first-order chi connectivity index (χ1) is 11.1. The summed E-state index contributed by atoms with van der Waals surface area (Å²) in [6, 6.07) is 7.54. The Bertz CT molecular complexity index is 689. The molecule has 0 bridgehead atoms. The van der Waals surface area contributed by atoms with Crippen molar-refractivity contribution in [1.29, 1.82) is 0 Å². The Labute approximate surface area is 139 Å². The molecule has 1 amide bonds. The zero-order chi connectivity index (χ0) is 16.2. The summed E-state index contributed by atoms with van der Waals surface area (Å²) in [6.07, 6.45) is 3.40. The number of thioether (sulfide) groups is 1. The predicted octanol–water partition coefficient (Wildman–Crippen LogP) is 1.86. The van der Waals surface area contributed by atoms with Crippen molar-refractivity contribution in [3.63, 3.8) is 0 Å². The number of amides is 1. The number of fused-ring (bicyclic) bond motifs is 1. The molecule has 2 aromatic rings. The number of rotatable bonds is 5. The number of ether oxygens (including phenoxy) is 2.